The number of rotatable bonds is 6. The molecule has 0 N–H and O–H groups in total. The molecule has 0 aliphatic carbocycles. The molecule has 0 bridgehead atoms. The summed E-state index contributed by atoms with van der Waals surface area (Å²) in [6.07, 6.45) is 5.52. The lowest BCUT2D eigenvalue weighted by molar-refractivity contribution is 0.800. The van der Waals surface area contributed by atoms with Crippen LogP contribution in [0.3, 0.4) is 0 Å². The molecule has 68 valence electrons. The fourth-order valence-corrected chi connectivity index (χ4v) is 1.12. The van der Waals surface area contributed by atoms with Gasteiger partial charge < -0.3 is 4.99 Å². The lowest BCUT2D eigenvalue weighted by Gasteiger charge is -2.02. The maximum Gasteiger partial charge on any atom is 0.0385 e. The van der Waals surface area contributed by atoms with Crippen LogP contribution in [0.15, 0.2) is 28.8 Å². The van der Waals surface area contributed by atoms with E-state index < -0.39 is 0 Å². The van der Waals surface area contributed by atoms with E-state index >= 15 is 0 Å². The summed E-state index contributed by atoms with van der Waals surface area (Å²) in [6, 6.07) is 0. The van der Waals surface area contributed by atoms with E-state index in [9.17, 15) is 0 Å². The molecule has 0 saturated carbocycles. The fraction of sp³-hybridized carbons (Fsp3) is 0.545. The largest absolute Gasteiger partial charge is 0.301 e. The van der Waals surface area contributed by atoms with Crippen LogP contribution in [0.1, 0.15) is 33.1 Å². The lowest BCUT2D eigenvalue weighted by Crippen LogP contribution is -1.86. The quantitative estimate of drug-likeness (QED) is 0.325. The highest BCUT2D eigenvalue weighted by Crippen LogP contribution is 2.11. The minimum Gasteiger partial charge on any atom is -0.301 e. The highest BCUT2D eigenvalue weighted by molar-refractivity contribution is 5.23. The van der Waals surface area contributed by atoms with Gasteiger partial charge >= 0.3 is 0 Å². The standard InChI is InChI=1S/C11H19N/c1-5-11(9-10(2)3)7-6-8-12-4/h9H,2,4-8H2,1,3H3/b11-9-. The van der Waals surface area contributed by atoms with E-state index in [1.807, 2.05) is 6.92 Å². The normalized spacial score (nSPS) is 11.3. The predicted octanol–water partition coefficient (Wildman–Crippen LogP) is 3.38. The van der Waals surface area contributed by atoms with Gasteiger partial charge in [0.1, 0.15) is 0 Å². The average molecular weight is 165 g/mol. The molecule has 12 heavy (non-hydrogen) atoms. The molecule has 0 aromatic heterocycles. The zero-order valence-electron chi connectivity index (χ0n) is 8.27. The number of hydrogen-bond acceptors (Lipinski definition) is 1. The van der Waals surface area contributed by atoms with Crippen LogP contribution in [0.2, 0.25) is 0 Å². The van der Waals surface area contributed by atoms with Gasteiger partial charge in [0, 0.05) is 6.54 Å². The van der Waals surface area contributed by atoms with Crippen LogP contribution in [0.5, 0.6) is 0 Å². The van der Waals surface area contributed by atoms with Crippen molar-refractivity contribution in [3.63, 3.8) is 0 Å². The SMILES string of the molecule is C=NCCC/C(=C\C(=C)C)CC. The molecular weight excluding hydrogens is 146 g/mol. The molecule has 0 unspecified atom stereocenters. The van der Waals surface area contributed by atoms with Crippen molar-refractivity contribution in [3.05, 3.63) is 23.8 Å². The zero-order chi connectivity index (χ0) is 9.40. The van der Waals surface area contributed by atoms with Gasteiger partial charge in [0.2, 0.25) is 0 Å². The molecule has 0 fully saturated rings. The third kappa shape index (κ3) is 5.90. The van der Waals surface area contributed by atoms with Crippen molar-refractivity contribution in [1.29, 1.82) is 0 Å². The molecule has 1 heteroatoms. The Hall–Kier alpha value is -0.850. The number of hydrogen-bond donors (Lipinski definition) is 0. The molecule has 0 rings (SSSR count). The molecule has 0 aliphatic rings. The Morgan fingerprint density at radius 1 is 1.50 bits per heavy atom. The summed E-state index contributed by atoms with van der Waals surface area (Å²) < 4.78 is 0. The second-order valence-corrected chi connectivity index (χ2v) is 3.05. The molecule has 0 amide bonds. The van der Waals surface area contributed by atoms with E-state index in [0.29, 0.717) is 0 Å². The van der Waals surface area contributed by atoms with Crippen LogP contribution in [0.25, 0.3) is 0 Å². The first-order valence-corrected chi connectivity index (χ1v) is 4.48. The first-order chi connectivity index (χ1) is 5.70. The predicted molar refractivity (Wildman–Crippen MR) is 56.8 cm³/mol. The number of allylic oxidation sites excluding steroid dienone is 3. The summed E-state index contributed by atoms with van der Waals surface area (Å²) in [6.45, 7) is 12.4. The molecule has 0 aromatic rings. The average Bonchev–Trinajstić information content (AvgIpc) is 2.02. The Morgan fingerprint density at radius 2 is 2.17 bits per heavy atom. The minimum absolute atomic E-state index is 0.869. The smallest absolute Gasteiger partial charge is 0.0385 e. The minimum atomic E-state index is 0.869. The lowest BCUT2D eigenvalue weighted by atomic mass is 10.1. The molecule has 0 aromatic carbocycles. The fourth-order valence-electron chi connectivity index (χ4n) is 1.12. The van der Waals surface area contributed by atoms with E-state index in [2.05, 4.69) is 31.3 Å². The second kappa shape index (κ2) is 6.84. The van der Waals surface area contributed by atoms with Crippen molar-refractivity contribution in [2.75, 3.05) is 6.54 Å². The molecule has 0 atom stereocenters. The van der Waals surface area contributed by atoms with Gasteiger partial charge in [0.15, 0.2) is 0 Å². The Morgan fingerprint density at radius 3 is 2.58 bits per heavy atom. The van der Waals surface area contributed by atoms with Crippen LogP contribution in [0, 0.1) is 0 Å². The summed E-state index contributed by atoms with van der Waals surface area (Å²) in [5.74, 6) is 0. The molecule has 0 aliphatic heterocycles. The van der Waals surface area contributed by atoms with Crippen LogP contribution < -0.4 is 0 Å². The molecule has 0 heterocycles. The van der Waals surface area contributed by atoms with E-state index in [0.717, 1.165) is 31.4 Å². The Balaban J connectivity index is 3.82. The first kappa shape index (κ1) is 11.2. The maximum atomic E-state index is 3.86. The molecule has 0 spiro atoms. The van der Waals surface area contributed by atoms with Crippen LogP contribution >= 0.6 is 0 Å². The Kier molecular flexibility index (Phi) is 6.35. The number of nitrogens with zero attached hydrogens (tertiary/aromatic N) is 1. The number of aliphatic imine (C=N–C) groups is 1. The maximum absolute atomic E-state index is 3.86. The van der Waals surface area contributed by atoms with E-state index in [1.165, 1.54) is 5.57 Å². The molecule has 0 saturated heterocycles. The van der Waals surface area contributed by atoms with Gasteiger partial charge in [0.25, 0.3) is 0 Å². The van der Waals surface area contributed by atoms with E-state index in [1.54, 1.807) is 0 Å². The summed E-state index contributed by atoms with van der Waals surface area (Å²) in [7, 11) is 0. The molecule has 1 nitrogen and oxygen atoms in total. The van der Waals surface area contributed by atoms with Gasteiger partial charge in [-0.05, 0) is 32.9 Å². The van der Waals surface area contributed by atoms with Crippen molar-refractivity contribution in [2.24, 2.45) is 4.99 Å². The van der Waals surface area contributed by atoms with Crippen LogP contribution in [0.4, 0.5) is 0 Å². The van der Waals surface area contributed by atoms with Crippen molar-refractivity contribution < 1.29 is 0 Å². The van der Waals surface area contributed by atoms with Gasteiger partial charge in [-0.3, -0.25) is 0 Å². The van der Waals surface area contributed by atoms with Crippen molar-refractivity contribution in [3.8, 4) is 0 Å². The third-order valence-corrected chi connectivity index (χ3v) is 1.72. The zero-order valence-corrected chi connectivity index (χ0v) is 8.27. The van der Waals surface area contributed by atoms with Crippen LogP contribution in [-0.2, 0) is 0 Å². The molecular formula is C11H19N. The van der Waals surface area contributed by atoms with E-state index in [4.69, 9.17) is 0 Å². The van der Waals surface area contributed by atoms with E-state index in [-0.39, 0.29) is 0 Å². The summed E-state index contributed by atoms with van der Waals surface area (Å²) >= 11 is 0. The monoisotopic (exact) mass is 165 g/mol. The van der Waals surface area contributed by atoms with Crippen LogP contribution in [-0.4, -0.2) is 13.3 Å². The highest BCUT2D eigenvalue weighted by atomic mass is 14.7. The topological polar surface area (TPSA) is 12.4 Å². The third-order valence-electron chi connectivity index (χ3n) is 1.72. The Labute approximate surface area is 75.9 Å². The van der Waals surface area contributed by atoms with Gasteiger partial charge in [-0.1, -0.05) is 30.7 Å². The summed E-state index contributed by atoms with van der Waals surface area (Å²) in [4.78, 5) is 3.82. The summed E-state index contributed by atoms with van der Waals surface area (Å²) in [5, 5.41) is 0. The van der Waals surface area contributed by atoms with Gasteiger partial charge in [-0.25, -0.2) is 0 Å². The van der Waals surface area contributed by atoms with Crippen molar-refractivity contribution in [1.82, 2.24) is 0 Å². The Bertz CT molecular complexity index is 177. The summed E-state index contributed by atoms with van der Waals surface area (Å²) in [5.41, 5.74) is 2.60. The first-order valence-electron chi connectivity index (χ1n) is 4.48. The van der Waals surface area contributed by atoms with Gasteiger partial charge in [0.05, 0.1) is 0 Å². The van der Waals surface area contributed by atoms with Crippen molar-refractivity contribution >= 4 is 6.72 Å². The highest BCUT2D eigenvalue weighted by Gasteiger charge is 1.93. The van der Waals surface area contributed by atoms with Gasteiger partial charge in [-0.2, -0.15) is 0 Å². The van der Waals surface area contributed by atoms with Crippen molar-refractivity contribution in [2.45, 2.75) is 33.1 Å². The van der Waals surface area contributed by atoms with Gasteiger partial charge in [-0.15, -0.1) is 0 Å². The molecule has 0 radical (unpaired) electrons. The second-order valence-electron chi connectivity index (χ2n) is 3.05.